The highest BCUT2D eigenvalue weighted by atomic mass is 16.5. The molecule has 5 rings (SSSR count). The van der Waals surface area contributed by atoms with Gasteiger partial charge in [-0.15, -0.1) is 0 Å². The number of fused-ring (bicyclic) bond motifs is 3. The third kappa shape index (κ3) is 3.60. The number of amides is 2. The number of rotatable bonds is 6. The SMILES string of the molecule is O=C(CCCN1C(=O)c2ccccc2C1=O)OCc1cc(=O)oc2cc3c(cc12)CCC3. The first-order valence-electron chi connectivity index (χ1n) is 10.7. The van der Waals surface area contributed by atoms with Gasteiger partial charge in [-0.1, -0.05) is 12.1 Å². The van der Waals surface area contributed by atoms with Crippen LogP contribution in [0.2, 0.25) is 0 Å². The number of hydrogen-bond donors (Lipinski definition) is 0. The van der Waals surface area contributed by atoms with Crippen LogP contribution in [0.3, 0.4) is 0 Å². The van der Waals surface area contributed by atoms with E-state index in [-0.39, 0.29) is 31.4 Å². The summed E-state index contributed by atoms with van der Waals surface area (Å²) < 4.78 is 10.7. The Morgan fingerprint density at radius 1 is 0.969 bits per heavy atom. The molecule has 7 nitrogen and oxygen atoms in total. The van der Waals surface area contributed by atoms with Gasteiger partial charge in [-0.2, -0.15) is 0 Å². The zero-order chi connectivity index (χ0) is 22.2. The molecule has 32 heavy (non-hydrogen) atoms. The Bertz CT molecular complexity index is 1290. The summed E-state index contributed by atoms with van der Waals surface area (Å²) in [5.74, 6) is -1.13. The molecule has 0 fully saturated rings. The van der Waals surface area contributed by atoms with Gasteiger partial charge in [-0.25, -0.2) is 4.79 Å². The minimum atomic E-state index is -0.480. The molecule has 162 valence electrons. The minimum absolute atomic E-state index is 0.0350. The molecule has 7 heteroatoms. The molecule has 0 N–H and O–H groups in total. The topological polar surface area (TPSA) is 93.9 Å². The number of nitrogens with zero attached hydrogens (tertiary/aromatic N) is 1. The molecule has 2 amide bonds. The van der Waals surface area contributed by atoms with E-state index in [9.17, 15) is 19.2 Å². The van der Waals surface area contributed by atoms with E-state index in [1.807, 2.05) is 12.1 Å². The second-order valence-corrected chi connectivity index (χ2v) is 8.13. The third-order valence-corrected chi connectivity index (χ3v) is 6.07. The van der Waals surface area contributed by atoms with Crippen LogP contribution in [0, 0.1) is 0 Å². The van der Waals surface area contributed by atoms with Crippen molar-refractivity contribution in [3.05, 3.63) is 80.7 Å². The number of hydrogen-bond acceptors (Lipinski definition) is 6. The quantitative estimate of drug-likeness (QED) is 0.337. The number of carbonyl (C=O) groups is 3. The van der Waals surface area contributed by atoms with Crippen LogP contribution in [0.5, 0.6) is 0 Å². The first-order chi connectivity index (χ1) is 15.5. The highest BCUT2D eigenvalue weighted by molar-refractivity contribution is 6.21. The molecule has 3 aromatic rings. The molecule has 0 spiro atoms. The van der Waals surface area contributed by atoms with E-state index in [0.717, 1.165) is 29.5 Å². The van der Waals surface area contributed by atoms with Crippen LogP contribution >= 0.6 is 0 Å². The Morgan fingerprint density at radius 3 is 2.38 bits per heavy atom. The lowest BCUT2D eigenvalue weighted by Crippen LogP contribution is -2.31. The lowest BCUT2D eigenvalue weighted by molar-refractivity contribution is -0.145. The summed E-state index contributed by atoms with van der Waals surface area (Å²) in [6.45, 7) is 0.109. The molecule has 0 radical (unpaired) electrons. The van der Waals surface area contributed by atoms with Gasteiger partial charge in [0.05, 0.1) is 11.1 Å². The van der Waals surface area contributed by atoms with Crippen LogP contribution in [0.25, 0.3) is 11.0 Å². The van der Waals surface area contributed by atoms with E-state index in [2.05, 4.69) is 0 Å². The van der Waals surface area contributed by atoms with Crippen molar-refractivity contribution in [1.29, 1.82) is 0 Å². The first kappa shape index (κ1) is 20.2. The monoisotopic (exact) mass is 431 g/mol. The van der Waals surface area contributed by atoms with Crippen molar-refractivity contribution in [2.75, 3.05) is 6.54 Å². The van der Waals surface area contributed by atoms with Crippen molar-refractivity contribution in [3.63, 3.8) is 0 Å². The smallest absolute Gasteiger partial charge is 0.336 e. The average molecular weight is 431 g/mol. The predicted molar refractivity (Wildman–Crippen MR) is 115 cm³/mol. The Kier molecular flexibility index (Phi) is 5.09. The van der Waals surface area contributed by atoms with Gasteiger partial charge in [0.2, 0.25) is 0 Å². The maximum absolute atomic E-state index is 12.4. The molecule has 0 atom stereocenters. The molecule has 1 aromatic heterocycles. The van der Waals surface area contributed by atoms with Gasteiger partial charge in [0.15, 0.2) is 0 Å². The van der Waals surface area contributed by atoms with Gasteiger partial charge in [-0.3, -0.25) is 19.3 Å². The van der Waals surface area contributed by atoms with Crippen molar-refractivity contribution < 1.29 is 23.5 Å². The number of imide groups is 1. The molecule has 0 saturated heterocycles. The number of benzene rings is 2. The summed E-state index contributed by atoms with van der Waals surface area (Å²) in [7, 11) is 0. The van der Waals surface area contributed by atoms with Gasteiger partial charge in [0, 0.05) is 30.0 Å². The molecule has 1 aliphatic heterocycles. The summed E-state index contributed by atoms with van der Waals surface area (Å²) in [4.78, 5) is 50.1. The van der Waals surface area contributed by atoms with Gasteiger partial charge in [0.1, 0.15) is 12.2 Å². The average Bonchev–Trinajstić information content (AvgIpc) is 3.34. The van der Waals surface area contributed by atoms with E-state index >= 15 is 0 Å². The van der Waals surface area contributed by atoms with Crippen LogP contribution < -0.4 is 5.63 Å². The van der Waals surface area contributed by atoms with Crippen LogP contribution in [0.4, 0.5) is 0 Å². The molecule has 0 bridgehead atoms. The molecule has 0 saturated carbocycles. The zero-order valence-corrected chi connectivity index (χ0v) is 17.4. The summed E-state index contributed by atoms with van der Waals surface area (Å²) in [5.41, 5.74) is 3.85. The van der Waals surface area contributed by atoms with Crippen LogP contribution in [0.15, 0.2) is 51.7 Å². The van der Waals surface area contributed by atoms with E-state index in [0.29, 0.717) is 28.7 Å². The van der Waals surface area contributed by atoms with Crippen molar-refractivity contribution in [2.45, 2.75) is 38.7 Å². The number of aryl methyl sites for hydroxylation is 2. The summed E-state index contributed by atoms with van der Waals surface area (Å²) in [6.07, 6.45) is 3.40. The van der Waals surface area contributed by atoms with Gasteiger partial charge in [-0.05, 0) is 61.1 Å². The second kappa shape index (κ2) is 8.07. The van der Waals surface area contributed by atoms with Gasteiger partial charge < -0.3 is 9.15 Å². The number of esters is 1. The Morgan fingerprint density at radius 2 is 1.66 bits per heavy atom. The van der Waals surface area contributed by atoms with E-state index in [1.54, 1.807) is 24.3 Å². The third-order valence-electron chi connectivity index (χ3n) is 6.07. The van der Waals surface area contributed by atoms with Crippen molar-refractivity contribution in [3.8, 4) is 0 Å². The zero-order valence-electron chi connectivity index (χ0n) is 17.4. The Labute approximate surface area is 183 Å². The number of carbonyl (C=O) groups excluding carboxylic acids is 3. The maximum Gasteiger partial charge on any atom is 0.336 e. The van der Waals surface area contributed by atoms with Crippen LogP contribution in [-0.2, 0) is 29.0 Å². The minimum Gasteiger partial charge on any atom is -0.461 e. The Balaban J connectivity index is 1.20. The summed E-state index contributed by atoms with van der Waals surface area (Å²) in [6, 6.07) is 12.0. The van der Waals surface area contributed by atoms with Gasteiger partial charge in [0.25, 0.3) is 11.8 Å². The molecule has 0 unspecified atom stereocenters. The fraction of sp³-hybridized carbons (Fsp3) is 0.280. The van der Waals surface area contributed by atoms with Crippen molar-refractivity contribution in [2.24, 2.45) is 0 Å². The second-order valence-electron chi connectivity index (χ2n) is 8.13. The highest BCUT2D eigenvalue weighted by Crippen LogP contribution is 2.29. The lowest BCUT2D eigenvalue weighted by atomic mass is 10.0. The molecular weight excluding hydrogens is 410 g/mol. The predicted octanol–water partition coefficient (Wildman–Crippen LogP) is 3.40. The lowest BCUT2D eigenvalue weighted by Gasteiger charge is -2.13. The van der Waals surface area contributed by atoms with Crippen molar-refractivity contribution in [1.82, 2.24) is 4.90 Å². The molecular formula is C25H21NO6. The number of ether oxygens (including phenoxy) is 1. The van der Waals surface area contributed by atoms with E-state index in [1.165, 1.54) is 17.2 Å². The van der Waals surface area contributed by atoms with Crippen LogP contribution in [-0.4, -0.2) is 29.2 Å². The molecule has 2 aromatic carbocycles. The highest BCUT2D eigenvalue weighted by Gasteiger charge is 2.34. The first-order valence-corrected chi connectivity index (χ1v) is 10.7. The molecule has 2 aliphatic rings. The van der Waals surface area contributed by atoms with Gasteiger partial charge >= 0.3 is 11.6 Å². The maximum atomic E-state index is 12.4. The van der Waals surface area contributed by atoms with E-state index < -0.39 is 11.6 Å². The standard InChI is InChI=1S/C25H21NO6/c27-22(9-4-10-26-24(29)18-7-1-2-8-19(18)25(26)30)31-14-17-13-23(28)32-21-12-16-6-3-5-15(16)11-20(17)21/h1-2,7-8,11-13H,3-6,9-10,14H2. The summed E-state index contributed by atoms with van der Waals surface area (Å²) in [5, 5.41) is 0.782. The summed E-state index contributed by atoms with van der Waals surface area (Å²) >= 11 is 0. The fourth-order valence-electron chi connectivity index (χ4n) is 4.47. The van der Waals surface area contributed by atoms with Crippen molar-refractivity contribution >= 4 is 28.8 Å². The normalized spacial score (nSPS) is 14.7. The van der Waals surface area contributed by atoms with Crippen LogP contribution in [0.1, 0.15) is 56.7 Å². The Hall–Kier alpha value is -3.74. The molecule has 2 heterocycles. The fourth-order valence-corrected chi connectivity index (χ4v) is 4.47. The van der Waals surface area contributed by atoms with E-state index in [4.69, 9.17) is 9.15 Å². The molecule has 1 aliphatic carbocycles. The largest absolute Gasteiger partial charge is 0.461 e.